The Morgan fingerprint density at radius 2 is 1.91 bits per heavy atom. The van der Waals surface area contributed by atoms with Crippen LogP contribution in [0.15, 0.2) is 29.1 Å². The number of anilines is 3. The van der Waals surface area contributed by atoms with Crippen molar-refractivity contribution in [1.82, 2.24) is 9.97 Å². The summed E-state index contributed by atoms with van der Waals surface area (Å²) in [5, 5.41) is 16.0. The van der Waals surface area contributed by atoms with Crippen LogP contribution in [-0.4, -0.2) is 52.4 Å². The van der Waals surface area contributed by atoms with Crippen molar-refractivity contribution in [3.63, 3.8) is 0 Å². The number of benzene rings is 1. The summed E-state index contributed by atoms with van der Waals surface area (Å²) in [5.74, 6) is -2.37. The van der Waals surface area contributed by atoms with Crippen LogP contribution in [-0.2, 0) is 19.1 Å². The van der Waals surface area contributed by atoms with E-state index in [-0.39, 0.29) is 41.3 Å². The number of nitro groups is 1. The van der Waals surface area contributed by atoms with E-state index in [4.69, 9.17) is 4.74 Å². The summed E-state index contributed by atoms with van der Waals surface area (Å²) in [4.78, 5) is 69.3. The first-order valence-corrected chi connectivity index (χ1v) is 11.2. The van der Waals surface area contributed by atoms with Crippen LogP contribution >= 0.6 is 0 Å². The largest absolute Gasteiger partial charge is 0.466 e. The normalized spacial score (nSPS) is 17.8. The second-order valence-corrected chi connectivity index (χ2v) is 8.26. The Morgan fingerprint density at radius 3 is 2.54 bits per heavy atom. The van der Waals surface area contributed by atoms with Gasteiger partial charge >= 0.3 is 5.97 Å². The summed E-state index contributed by atoms with van der Waals surface area (Å²) >= 11 is 0. The molecule has 4 rings (SSSR count). The molecule has 0 unspecified atom stereocenters. The van der Waals surface area contributed by atoms with Crippen molar-refractivity contribution in [2.24, 2.45) is 5.92 Å². The van der Waals surface area contributed by atoms with E-state index in [9.17, 15) is 29.3 Å². The number of ether oxygens (including phenoxy) is 1. The fourth-order valence-electron chi connectivity index (χ4n) is 4.22. The number of aromatic amines is 1. The minimum atomic E-state index is -1.09. The number of nitro benzene ring substituents is 1. The molecule has 0 radical (unpaired) electrons. The second kappa shape index (κ2) is 9.91. The standard InChI is InChI=1S/C22H24N6O7/c1-2-35-21(32)12-7-9-27(10-8-12)22-25-18-17(20(31)26-22)15(11-16(29)24-18)19(30)23-13-3-5-14(6-4-13)28(33)34/h3-6,12,15H,2,7-11H2,1H3,(H,23,30)(H2,24,25,26,29,31)/t15-/m1/s1. The van der Waals surface area contributed by atoms with Crippen LogP contribution in [0, 0.1) is 16.0 Å². The lowest BCUT2D eigenvalue weighted by Crippen LogP contribution is -2.41. The first kappa shape index (κ1) is 23.9. The Labute approximate surface area is 199 Å². The van der Waals surface area contributed by atoms with E-state index in [1.54, 1.807) is 6.92 Å². The number of carbonyl (C=O) groups is 3. The molecule has 3 N–H and O–H groups in total. The lowest BCUT2D eigenvalue weighted by atomic mass is 9.92. The van der Waals surface area contributed by atoms with Crippen molar-refractivity contribution in [1.29, 1.82) is 0 Å². The molecule has 35 heavy (non-hydrogen) atoms. The molecule has 2 aliphatic heterocycles. The van der Waals surface area contributed by atoms with Crippen molar-refractivity contribution in [2.75, 3.05) is 35.2 Å². The van der Waals surface area contributed by atoms with Crippen LogP contribution < -0.4 is 21.1 Å². The van der Waals surface area contributed by atoms with Crippen molar-refractivity contribution in [2.45, 2.75) is 32.1 Å². The summed E-state index contributed by atoms with van der Waals surface area (Å²) in [6.45, 7) is 2.99. The smallest absolute Gasteiger partial charge is 0.309 e. The predicted molar refractivity (Wildman–Crippen MR) is 124 cm³/mol. The maximum Gasteiger partial charge on any atom is 0.309 e. The third-order valence-electron chi connectivity index (χ3n) is 6.02. The number of hydrogen-bond donors (Lipinski definition) is 3. The monoisotopic (exact) mass is 484 g/mol. The van der Waals surface area contributed by atoms with Gasteiger partial charge in [0.25, 0.3) is 11.2 Å². The number of H-pyrrole nitrogens is 1. The number of nitrogens with one attached hydrogen (secondary N) is 3. The first-order chi connectivity index (χ1) is 16.8. The Kier molecular flexibility index (Phi) is 6.75. The zero-order chi connectivity index (χ0) is 25.1. The number of non-ortho nitro benzene ring substituents is 1. The molecule has 3 heterocycles. The summed E-state index contributed by atoms with van der Waals surface area (Å²) in [7, 11) is 0. The number of nitrogens with zero attached hydrogens (tertiary/aromatic N) is 3. The number of carbonyl (C=O) groups excluding carboxylic acids is 3. The highest BCUT2D eigenvalue weighted by molar-refractivity contribution is 6.04. The van der Waals surface area contributed by atoms with E-state index >= 15 is 0 Å². The van der Waals surface area contributed by atoms with Gasteiger partial charge in [0.2, 0.25) is 17.8 Å². The second-order valence-electron chi connectivity index (χ2n) is 8.26. The zero-order valence-electron chi connectivity index (χ0n) is 18.9. The van der Waals surface area contributed by atoms with Crippen LogP contribution in [0.5, 0.6) is 0 Å². The van der Waals surface area contributed by atoms with Crippen LogP contribution in [0.1, 0.15) is 37.7 Å². The zero-order valence-corrected chi connectivity index (χ0v) is 18.9. The molecule has 1 atom stereocenters. The van der Waals surface area contributed by atoms with Gasteiger partial charge < -0.3 is 20.3 Å². The Balaban J connectivity index is 1.52. The summed E-state index contributed by atoms with van der Waals surface area (Å²) in [5.41, 5.74) is -0.362. The lowest BCUT2D eigenvalue weighted by Gasteiger charge is -2.32. The third-order valence-corrected chi connectivity index (χ3v) is 6.02. The predicted octanol–water partition coefficient (Wildman–Crippen LogP) is 1.52. The van der Waals surface area contributed by atoms with Gasteiger partial charge in [-0.15, -0.1) is 0 Å². The number of esters is 1. The molecular weight excluding hydrogens is 460 g/mol. The summed E-state index contributed by atoms with van der Waals surface area (Å²) in [6, 6.07) is 5.21. The van der Waals surface area contributed by atoms with Crippen molar-refractivity contribution >= 4 is 40.9 Å². The highest BCUT2D eigenvalue weighted by Gasteiger charge is 2.36. The van der Waals surface area contributed by atoms with Crippen LogP contribution in [0.3, 0.4) is 0 Å². The molecule has 2 aliphatic rings. The minimum Gasteiger partial charge on any atom is -0.466 e. The van der Waals surface area contributed by atoms with Crippen LogP contribution in [0.25, 0.3) is 0 Å². The van der Waals surface area contributed by atoms with E-state index in [2.05, 4.69) is 20.6 Å². The summed E-state index contributed by atoms with van der Waals surface area (Å²) < 4.78 is 5.07. The number of amides is 2. The molecule has 1 saturated heterocycles. The average Bonchev–Trinajstić information content (AvgIpc) is 2.83. The molecular formula is C22H24N6O7. The number of aromatic nitrogens is 2. The maximum atomic E-state index is 13.0. The number of hydrogen-bond acceptors (Lipinski definition) is 9. The molecule has 1 fully saturated rings. The third kappa shape index (κ3) is 5.13. The number of fused-ring (bicyclic) bond motifs is 1. The fourth-order valence-corrected chi connectivity index (χ4v) is 4.22. The van der Waals surface area contributed by atoms with E-state index < -0.39 is 28.2 Å². The first-order valence-electron chi connectivity index (χ1n) is 11.2. The molecule has 184 valence electrons. The van der Waals surface area contributed by atoms with E-state index in [0.717, 1.165) is 0 Å². The number of piperidine rings is 1. The van der Waals surface area contributed by atoms with E-state index in [0.29, 0.717) is 38.2 Å². The van der Waals surface area contributed by atoms with E-state index in [1.165, 1.54) is 24.3 Å². The van der Waals surface area contributed by atoms with Crippen LogP contribution in [0.4, 0.5) is 23.1 Å². The highest BCUT2D eigenvalue weighted by atomic mass is 16.6. The molecule has 1 aromatic heterocycles. The molecule has 1 aromatic carbocycles. The van der Waals surface area contributed by atoms with Crippen molar-refractivity contribution < 1.29 is 24.0 Å². The Hall–Kier alpha value is -4.29. The Bertz CT molecular complexity index is 1220. The Morgan fingerprint density at radius 1 is 1.23 bits per heavy atom. The van der Waals surface area contributed by atoms with Gasteiger partial charge in [0, 0.05) is 37.3 Å². The van der Waals surface area contributed by atoms with Gasteiger partial charge in [-0.05, 0) is 31.9 Å². The topological polar surface area (TPSA) is 177 Å². The molecule has 13 heteroatoms. The molecule has 0 bridgehead atoms. The van der Waals surface area contributed by atoms with Gasteiger partial charge in [-0.25, -0.2) is 0 Å². The van der Waals surface area contributed by atoms with Crippen LogP contribution in [0.2, 0.25) is 0 Å². The number of rotatable bonds is 6. The SMILES string of the molecule is CCOC(=O)C1CCN(c2nc3c(c(=O)[nH]2)[C@H](C(=O)Nc2ccc([N+](=O)[O-])cc2)CC(=O)N3)CC1. The average molecular weight is 484 g/mol. The lowest BCUT2D eigenvalue weighted by molar-refractivity contribution is -0.384. The minimum absolute atomic E-state index is 0.0105. The van der Waals surface area contributed by atoms with Gasteiger partial charge in [0.15, 0.2) is 0 Å². The highest BCUT2D eigenvalue weighted by Crippen LogP contribution is 2.31. The van der Waals surface area contributed by atoms with Crippen molar-refractivity contribution in [3.8, 4) is 0 Å². The van der Waals surface area contributed by atoms with Crippen molar-refractivity contribution in [3.05, 3.63) is 50.3 Å². The van der Waals surface area contributed by atoms with Gasteiger partial charge in [-0.3, -0.25) is 34.3 Å². The fraction of sp³-hybridized carbons (Fsp3) is 0.409. The molecule has 0 aliphatic carbocycles. The van der Waals surface area contributed by atoms with Gasteiger partial charge in [0.1, 0.15) is 5.82 Å². The van der Waals surface area contributed by atoms with Gasteiger partial charge in [0.05, 0.1) is 28.9 Å². The van der Waals surface area contributed by atoms with E-state index in [1.807, 2.05) is 4.90 Å². The quantitative estimate of drug-likeness (QED) is 0.312. The molecule has 0 saturated carbocycles. The van der Waals surface area contributed by atoms with Gasteiger partial charge in [-0.1, -0.05) is 0 Å². The molecule has 13 nitrogen and oxygen atoms in total. The summed E-state index contributed by atoms with van der Waals surface area (Å²) in [6.07, 6.45) is 0.819. The maximum absolute atomic E-state index is 13.0. The van der Waals surface area contributed by atoms with Gasteiger partial charge in [-0.2, -0.15) is 4.98 Å². The molecule has 2 aromatic rings. The molecule has 2 amide bonds. The molecule has 0 spiro atoms.